The Morgan fingerprint density at radius 1 is 1.42 bits per heavy atom. The molecule has 2 heterocycles. The maximum atomic E-state index is 12.1. The number of carboxylic acids is 1. The van der Waals surface area contributed by atoms with E-state index >= 15 is 0 Å². The lowest BCUT2D eigenvalue weighted by Gasteiger charge is -2.15. The van der Waals surface area contributed by atoms with Crippen LogP contribution in [0.2, 0.25) is 0 Å². The molecule has 0 spiro atoms. The maximum Gasteiger partial charge on any atom is 0.323 e. The minimum Gasteiger partial charge on any atom is -0.480 e. The molecule has 2 rings (SSSR count). The number of aliphatic carboxylic acids is 1. The Hall–Kier alpha value is -1.06. The molecule has 6 nitrogen and oxygen atoms in total. The lowest BCUT2D eigenvalue weighted by molar-refractivity contribution is -0.141. The lowest BCUT2D eigenvalue weighted by atomic mass is 10.4. The Bertz CT molecular complexity index is 517. The second kappa shape index (κ2) is 5.51. The van der Waals surface area contributed by atoms with Crippen molar-refractivity contribution in [2.75, 3.05) is 18.8 Å². The summed E-state index contributed by atoms with van der Waals surface area (Å²) in [6.45, 7) is 1.83. The fourth-order valence-electron chi connectivity index (χ4n) is 1.68. The highest BCUT2D eigenvalue weighted by molar-refractivity contribution is 8.27. The van der Waals surface area contributed by atoms with Crippen molar-refractivity contribution in [2.24, 2.45) is 0 Å². The van der Waals surface area contributed by atoms with Crippen molar-refractivity contribution in [1.29, 1.82) is 0 Å². The molecule has 0 atom stereocenters. The summed E-state index contributed by atoms with van der Waals surface area (Å²) in [5, 5.41) is 9.22. The van der Waals surface area contributed by atoms with Crippen LogP contribution in [0, 0.1) is 0 Å². The van der Waals surface area contributed by atoms with Gasteiger partial charge in [-0.25, -0.2) is 0 Å². The third-order valence-electron chi connectivity index (χ3n) is 2.53. The van der Waals surface area contributed by atoms with Gasteiger partial charge in [-0.1, -0.05) is 35.7 Å². The molecule has 2 aliphatic rings. The highest BCUT2D eigenvalue weighted by Gasteiger charge is 2.39. The number of thiocarbonyl (C=S) groups is 1. The van der Waals surface area contributed by atoms with Crippen LogP contribution < -0.4 is 0 Å². The molecule has 2 amide bonds. The number of hydrogen-bond donors (Lipinski definition) is 1. The zero-order valence-corrected chi connectivity index (χ0v) is 12.4. The van der Waals surface area contributed by atoms with Crippen LogP contribution in [-0.2, 0) is 14.4 Å². The van der Waals surface area contributed by atoms with Gasteiger partial charge >= 0.3 is 5.97 Å². The van der Waals surface area contributed by atoms with Gasteiger partial charge in [0.1, 0.15) is 15.8 Å². The first kappa shape index (κ1) is 14.4. The number of nitrogens with zero attached hydrogens (tertiary/aromatic N) is 2. The van der Waals surface area contributed by atoms with Gasteiger partial charge in [-0.2, -0.15) is 0 Å². The fraction of sp³-hybridized carbons (Fsp3) is 0.400. The minimum absolute atomic E-state index is 0.152. The van der Waals surface area contributed by atoms with Gasteiger partial charge in [0.05, 0.1) is 10.8 Å². The van der Waals surface area contributed by atoms with Gasteiger partial charge in [0.25, 0.3) is 5.91 Å². The van der Waals surface area contributed by atoms with E-state index in [1.54, 1.807) is 6.92 Å². The van der Waals surface area contributed by atoms with E-state index in [2.05, 4.69) is 0 Å². The molecule has 2 saturated heterocycles. The molecule has 0 aromatic carbocycles. The quantitative estimate of drug-likeness (QED) is 0.606. The van der Waals surface area contributed by atoms with Crippen molar-refractivity contribution in [3.63, 3.8) is 0 Å². The zero-order chi connectivity index (χ0) is 14.2. The SMILES string of the molecule is CCN1C(=O)/C(=C2/SCC(=O)N2CC(=O)O)SC1=S. The van der Waals surface area contributed by atoms with Crippen molar-refractivity contribution in [2.45, 2.75) is 6.92 Å². The molecule has 2 aliphatic heterocycles. The summed E-state index contributed by atoms with van der Waals surface area (Å²) in [4.78, 5) is 37.5. The first-order chi connectivity index (χ1) is 8.95. The van der Waals surface area contributed by atoms with Crippen molar-refractivity contribution >= 4 is 57.8 Å². The van der Waals surface area contributed by atoms with Gasteiger partial charge in [0.2, 0.25) is 5.91 Å². The second-order valence-electron chi connectivity index (χ2n) is 3.71. The van der Waals surface area contributed by atoms with E-state index in [-0.39, 0.29) is 17.6 Å². The van der Waals surface area contributed by atoms with E-state index in [1.807, 2.05) is 0 Å². The Morgan fingerprint density at radius 3 is 2.63 bits per heavy atom. The summed E-state index contributed by atoms with van der Waals surface area (Å²) in [7, 11) is 0. The summed E-state index contributed by atoms with van der Waals surface area (Å²) < 4.78 is 0.435. The number of thioether (sulfide) groups is 2. The summed E-state index contributed by atoms with van der Waals surface area (Å²) in [6, 6.07) is 0. The molecule has 0 aromatic rings. The largest absolute Gasteiger partial charge is 0.480 e. The molecule has 0 aliphatic carbocycles. The molecule has 1 N–H and O–H groups in total. The smallest absolute Gasteiger partial charge is 0.323 e. The molecule has 0 bridgehead atoms. The van der Waals surface area contributed by atoms with Crippen LogP contribution >= 0.6 is 35.7 Å². The summed E-state index contributed by atoms with van der Waals surface area (Å²) in [5.74, 6) is -1.52. The van der Waals surface area contributed by atoms with Crippen molar-refractivity contribution in [3.05, 3.63) is 9.93 Å². The third kappa shape index (κ3) is 2.63. The Morgan fingerprint density at radius 2 is 2.11 bits per heavy atom. The molecule has 19 heavy (non-hydrogen) atoms. The average molecular weight is 318 g/mol. The summed E-state index contributed by atoms with van der Waals surface area (Å²) >= 11 is 7.39. The minimum atomic E-state index is -1.11. The van der Waals surface area contributed by atoms with Gasteiger partial charge in [0.15, 0.2) is 0 Å². The van der Waals surface area contributed by atoms with Gasteiger partial charge in [-0.05, 0) is 6.92 Å². The molecule has 0 saturated carbocycles. The van der Waals surface area contributed by atoms with Crippen LogP contribution in [0.4, 0.5) is 0 Å². The summed E-state index contributed by atoms with van der Waals surface area (Å²) in [6.07, 6.45) is 0. The average Bonchev–Trinajstić information content (AvgIpc) is 2.81. The Labute approximate surface area is 123 Å². The molecule has 0 unspecified atom stereocenters. The number of carboxylic acid groups (broad SMARTS) is 1. The van der Waals surface area contributed by atoms with E-state index in [9.17, 15) is 14.4 Å². The van der Waals surface area contributed by atoms with Crippen LogP contribution in [0.25, 0.3) is 0 Å². The lowest BCUT2D eigenvalue weighted by Crippen LogP contribution is -2.32. The molecule has 2 fully saturated rings. The van der Waals surface area contributed by atoms with Gasteiger partial charge in [0, 0.05) is 6.54 Å². The maximum absolute atomic E-state index is 12.1. The van der Waals surface area contributed by atoms with Crippen LogP contribution in [0.1, 0.15) is 6.92 Å². The Kier molecular flexibility index (Phi) is 4.16. The van der Waals surface area contributed by atoms with Crippen molar-refractivity contribution in [1.82, 2.24) is 9.80 Å². The standard InChI is InChI=1S/C10H10N2O4S3/c1-2-11-8(16)7(19-10(11)17)9-12(3-6(14)15)5(13)4-18-9/h2-4H2,1H3,(H,14,15)/b9-7-. The zero-order valence-electron chi connectivity index (χ0n) is 9.91. The number of rotatable bonds is 3. The number of hydrogen-bond acceptors (Lipinski definition) is 6. The predicted molar refractivity (Wildman–Crippen MR) is 76.4 cm³/mol. The van der Waals surface area contributed by atoms with E-state index in [0.29, 0.717) is 20.8 Å². The first-order valence-electron chi connectivity index (χ1n) is 5.38. The molecular formula is C10H10N2O4S3. The van der Waals surface area contributed by atoms with Crippen molar-refractivity contribution in [3.8, 4) is 0 Å². The molecule has 102 valence electrons. The normalized spacial score (nSPS) is 23.7. The molecule has 0 radical (unpaired) electrons. The molecule has 0 aromatic heterocycles. The van der Waals surface area contributed by atoms with E-state index in [4.69, 9.17) is 17.3 Å². The predicted octanol–water partition coefficient (Wildman–Crippen LogP) is 0.696. The number of likely N-dealkylation sites (N-methyl/N-ethyl adjacent to an activating group) is 1. The van der Waals surface area contributed by atoms with Crippen LogP contribution in [0.3, 0.4) is 0 Å². The second-order valence-corrected chi connectivity index (χ2v) is 6.32. The van der Waals surface area contributed by atoms with Crippen LogP contribution in [0.15, 0.2) is 9.93 Å². The molecular weight excluding hydrogens is 308 g/mol. The first-order valence-corrected chi connectivity index (χ1v) is 7.59. The Balaban J connectivity index is 2.36. The van der Waals surface area contributed by atoms with Crippen LogP contribution in [0.5, 0.6) is 0 Å². The van der Waals surface area contributed by atoms with Gasteiger partial charge in [-0.3, -0.25) is 24.2 Å². The number of amides is 2. The molecule has 9 heteroatoms. The van der Waals surface area contributed by atoms with Crippen LogP contribution in [-0.4, -0.2) is 55.9 Å². The van der Waals surface area contributed by atoms with E-state index in [1.165, 1.54) is 16.7 Å². The topological polar surface area (TPSA) is 77.9 Å². The summed E-state index contributed by atoms with van der Waals surface area (Å²) in [5.41, 5.74) is 0. The fourth-order valence-corrected chi connectivity index (χ4v) is 4.29. The third-order valence-corrected chi connectivity index (χ3v) is 5.19. The number of carbonyl (C=O) groups excluding carboxylic acids is 2. The number of carbonyl (C=O) groups is 3. The highest BCUT2D eigenvalue weighted by atomic mass is 32.2. The van der Waals surface area contributed by atoms with E-state index < -0.39 is 12.5 Å². The van der Waals surface area contributed by atoms with E-state index in [0.717, 1.165) is 16.7 Å². The highest BCUT2D eigenvalue weighted by Crippen LogP contribution is 2.41. The van der Waals surface area contributed by atoms with Gasteiger partial charge < -0.3 is 5.11 Å². The van der Waals surface area contributed by atoms with Gasteiger partial charge in [-0.15, -0.1) is 0 Å². The van der Waals surface area contributed by atoms with Crippen molar-refractivity contribution < 1.29 is 19.5 Å². The monoisotopic (exact) mass is 318 g/mol.